The zero-order valence-corrected chi connectivity index (χ0v) is 31.0. The smallest absolute Gasteiger partial charge is 0.410 e. The summed E-state index contributed by atoms with van der Waals surface area (Å²) >= 11 is 13.1. The Labute approximate surface area is 315 Å². The lowest BCUT2D eigenvalue weighted by Gasteiger charge is -2.39. The molecule has 2 aromatic heterocycles. The average Bonchev–Trinajstić information content (AvgIpc) is 3.95. The fraction of sp³-hybridized carbons (Fsp3) is 0.375. The van der Waals surface area contributed by atoms with Crippen molar-refractivity contribution in [3.8, 4) is 28.5 Å². The minimum absolute atomic E-state index is 0.0437. The SMILES string of the molecule is COC(=O)N1CCC[C@@H]1c1cc2c(-c3ccc(CN(C)C)c(F)c3F)nc3c(F)c(-c4cccc(Cl)c4Cl)c(CCC#N)cc3c2n1[C@H]1[C@H]2CN[C@@H]1C2. The summed E-state index contributed by atoms with van der Waals surface area (Å²) < 4.78 is 57.2. The van der Waals surface area contributed by atoms with E-state index in [4.69, 9.17) is 32.9 Å². The average molecular weight is 762 g/mol. The van der Waals surface area contributed by atoms with Gasteiger partial charge in [-0.2, -0.15) is 5.26 Å². The molecule has 5 aromatic rings. The number of nitrogens with zero attached hydrogens (tertiary/aromatic N) is 5. The number of halogens is 5. The number of likely N-dealkylation sites (tertiary alicyclic amines) is 1. The topological polar surface area (TPSA) is 86.4 Å². The van der Waals surface area contributed by atoms with Crippen LogP contribution in [-0.4, -0.2) is 65.8 Å². The van der Waals surface area contributed by atoms with Crippen LogP contribution in [0.3, 0.4) is 0 Å². The van der Waals surface area contributed by atoms with E-state index in [1.54, 1.807) is 42.1 Å². The van der Waals surface area contributed by atoms with Gasteiger partial charge in [0.25, 0.3) is 0 Å². The standard InChI is InChI=1S/C40H37Cl2F3N6O2/c1-49(2)19-21-11-12-24(34(44)33(21)43)36-26-17-30(29-10-6-14-50(29)40(52)53-3)51(38-22-16-28(38)47-18-22)39(26)25-15-20(7-5-13-46)31(35(45)37(25)48-36)23-8-4-9-27(41)32(23)42/h4,8-9,11-12,15,17,22,28-29,38,47H,5-7,10,14,16,18-19H2,1-3H3/t22-,28-,29-,38+/m1/s1. The number of hydrogen-bond donors (Lipinski definition) is 1. The zero-order chi connectivity index (χ0) is 37.3. The summed E-state index contributed by atoms with van der Waals surface area (Å²) in [5.74, 6) is -2.54. The number of ether oxygens (including phenoxy) is 1. The van der Waals surface area contributed by atoms with Crippen LogP contribution >= 0.6 is 23.2 Å². The Morgan fingerprint density at radius 3 is 2.58 bits per heavy atom. The van der Waals surface area contributed by atoms with Crippen molar-refractivity contribution in [2.24, 2.45) is 5.92 Å². The molecule has 2 bridgehead atoms. The zero-order valence-electron chi connectivity index (χ0n) is 29.5. The van der Waals surface area contributed by atoms with Crippen molar-refractivity contribution in [3.63, 3.8) is 0 Å². The van der Waals surface area contributed by atoms with Gasteiger partial charge in [-0.3, -0.25) is 4.90 Å². The van der Waals surface area contributed by atoms with Gasteiger partial charge in [-0.25, -0.2) is 22.9 Å². The van der Waals surface area contributed by atoms with Crippen LogP contribution in [0.15, 0.2) is 42.5 Å². The van der Waals surface area contributed by atoms with E-state index in [2.05, 4.69) is 16.0 Å². The highest BCUT2D eigenvalue weighted by Gasteiger charge is 2.50. The van der Waals surface area contributed by atoms with Gasteiger partial charge in [-0.15, -0.1) is 0 Å². The molecule has 3 aliphatic heterocycles. The van der Waals surface area contributed by atoms with Crippen LogP contribution in [0.2, 0.25) is 10.0 Å². The van der Waals surface area contributed by atoms with Crippen LogP contribution in [0.1, 0.15) is 54.6 Å². The molecule has 0 unspecified atom stereocenters. The van der Waals surface area contributed by atoms with Gasteiger partial charge in [0, 0.05) is 70.8 Å². The Hall–Kier alpha value is -4.34. The number of nitrogens with one attached hydrogen (secondary N) is 1. The maximum absolute atomic E-state index is 17.6. The molecule has 1 saturated carbocycles. The fourth-order valence-corrected chi connectivity index (χ4v) is 9.19. The summed E-state index contributed by atoms with van der Waals surface area (Å²) in [5.41, 5.74) is 2.50. The molecular weight excluding hydrogens is 724 g/mol. The molecule has 53 heavy (non-hydrogen) atoms. The number of fused-ring (bicyclic) bond motifs is 4. The molecule has 8 nitrogen and oxygen atoms in total. The Kier molecular flexibility index (Phi) is 9.30. The van der Waals surface area contributed by atoms with E-state index >= 15 is 13.2 Å². The number of rotatable bonds is 8. The molecule has 1 amide bonds. The molecule has 4 atom stereocenters. The van der Waals surface area contributed by atoms with Gasteiger partial charge in [0.1, 0.15) is 5.52 Å². The molecular formula is C40H37Cl2F3N6O2. The van der Waals surface area contributed by atoms with Crippen molar-refractivity contribution in [2.75, 3.05) is 34.3 Å². The summed E-state index contributed by atoms with van der Waals surface area (Å²) in [5, 5.41) is 14.6. The number of benzene rings is 3. The number of aryl methyl sites for hydroxylation is 1. The first kappa shape index (κ1) is 35.7. The van der Waals surface area contributed by atoms with Crippen molar-refractivity contribution >= 4 is 51.1 Å². The van der Waals surface area contributed by atoms with Crippen molar-refractivity contribution in [1.29, 1.82) is 5.26 Å². The molecule has 13 heteroatoms. The first-order valence-electron chi connectivity index (χ1n) is 17.7. The summed E-state index contributed by atoms with van der Waals surface area (Å²) in [6.07, 6.45) is 2.21. The van der Waals surface area contributed by atoms with Crippen LogP contribution in [0, 0.1) is 34.7 Å². The van der Waals surface area contributed by atoms with E-state index in [9.17, 15) is 10.1 Å². The van der Waals surface area contributed by atoms with E-state index in [0.29, 0.717) is 40.4 Å². The number of amides is 1. The van der Waals surface area contributed by atoms with Crippen molar-refractivity contribution < 1.29 is 22.7 Å². The molecule has 4 fully saturated rings. The first-order chi connectivity index (χ1) is 25.5. The number of pyridine rings is 1. The minimum Gasteiger partial charge on any atom is -0.453 e. The Morgan fingerprint density at radius 2 is 1.89 bits per heavy atom. The number of aromatic nitrogens is 2. The lowest BCUT2D eigenvalue weighted by molar-refractivity contribution is 0.116. The van der Waals surface area contributed by atoms with Crippen LogP contribution in [0.5, 0.6) is 0 Å². The van der Waals surface area contributed by atoms with Crippen molar-refractivity contribution in [2.45, 2.75) is 56.8 Å². The van der Waals surface area contributed by atoms with Gasteiger partial charge >= 0.3 is 6.09 Å². The maximum Gasteiger partial charge on any atom is 0.410 e. The summed E-state index contributed by atoms with van der Waals surface area (Å²) in [7, 11) is 4.89. The van der Waals surface area contributed by atoms with Gasteiger partial charge in [-0.1, -0.05) is 41.4 Å². The van der Waals surface area contributed by atoms with E-state index in [1.807, 2.05) is 12.1 Å². The first-order valence-corrected chi connectivity index (χ1v) is 18.5. The molecule has 0 radical (unpaired) electrons. The molecule has 4 aliphatic rings. The van der Waals surface area contributed by atoms with Crippen LogP contribution in [0.25, 0.3) is 44.2 Å². The van der Waals surface area contributed by atoms with Crippen LogP contribution in [0.4, 0.5) is 18.0 Å². The van der Waals surface area contributed by atoms with E-state index < -0.39 is 23.5 Å². The largest absolute Gasteiger partial charge is 0.453 e. The van der Waals surface area contributed by atoms with Crippen molar-refractivity contribution in [1.82, 2.24) is 24.7 Å². The molecule has 1 aliphatic carbocycles. The normalized spacial score (nSPS) is 20.8. The van der Waals surface area contributed by atoms with Gasteiger partial charge in [0.2, 0.25) is 0 Å². The molecule has 3 saturated heterocycles. The molecule has 3 aromatic carbocycles. The second-order valence-electron chi connectivity index (χ2n) is 14.5. The van der Waals surface area contributed by atoms with Crippen molar-refractivity contribution in [3.05, 3.63) is 86.8 Å². The van der Waals surface area contributed by atoms with Crippen LogP contribution in [-0.2, 0) is 17.7 Å². The van der Waals surface area contributed by atoms with Gasteiger partial charge in [-0.05, 0) is 75.5 Å². The predicted octanol–water partition coefficient (Wildman–Crippen LogP) is 9.20. The Bertz CT molecular complexity index is 2340. The fourth-order valence-electron chi connectivity index (χ4n) is 8.80. The second kappa shape index (κ2) is 13.8. The van der Waals surface area contributed by atoms with E-state index in [-0.39, 0.29) is 81.4 Å². The minimum atomic E-state index is -1.08. The van der Waals surface area contributed by atoms with Gasteiger partial charge in [0.05, 0.1) is 46.5 Å². The summed E-state index contributed by atoms with van der Waals surface area (Å²) in [4.78, 5) is 21.4. The molecule has 1 N–H and O–H groups in total. The lowest BCUT2D eigenvalue weighted by Crippen LogP contribution is -2.41. The van der Waals surface area contributed by atoms with E-state index in [1.165, 1.54) is 19.2 Å². The number of hydrogen-bond acceptors (Lipinski definition) is 6. The van der Waals surface area contributed by atoms with E-state index in [0.717, 1.165) is 25.1 Å². The third kappa shape index (κ3) is 5.73. The molecule has 9 rings (SSSR count). The molecule has 0 spiro atoms. The third-order valence-electron chi connectivity index (χ3n) is 11.1. The molecule has 274 valence electrons. The maximum atomic E-state index is 17.6. The number of carbonyl (C=O) groups excluding carboxylic acids is 1. The van der Waals surface area contributed by atoms with Gasteiger partial charge in [0.15, 0.2) is 17.5 Å². The highest BCUT2D eigenvalue weighted by atomic mass is 35.5. The second-order valence-corrected chi connectivity index (χ2v) is 15.3. The highest BCUT2D eigenvalue weighted by molar-refractivity contribution is 6.43. The number of carbonyl (C=O) groups is 1. The Balaban J connectivity index is 1.51. The number of nitriles is 1. The number of methoxy groups -OCH3 is 1. The molecule has 5 heterocycles. The predicted molar refractivity (Wildman–Crippen MR) is 199 cm³/mol. The lowest BCUT2D eigenvalue weighted by atomic mass is 9.79. The van der Waals surface area contributed by atoms with Gasteiger partial charge < -0.3 is 19.5 Å². The summed E-state index contributed by atoms with van der Waals surface area (Å²) in [6, 6.07) is 13.6. The quantitative estimate of drug-likeness (QED) is 0.170. The highest BCUT2D eigenvalue weighted by Crippen LogP contribution is 2.51. The van der Waals surface area contributed by atoms with Crippen LogP contribution < -0.4 is 5.32 Å². The summed E-state index contributed by atoms with van der Waals surface area (Å²) in [6.45, 7) is 1.46. The Morgan fingerprint density at radius 1 is 1.08 bits per heavy atom. The third-order valence-corrected chi connectivity index (χ3v) is 12.0. The monoisotopic (exact) mass is 760 g/mol.